The maximum atomic E-state index is 12.7. The Kier molecular flexibility index (Phi) is 3.44. The second kappa shape index (κ2) is 5.25. The van der Waals surface area contributed by atoms with E-state index in [1.165, 1.54) is 0 Å². The van der Waals surface area contributed by atoms with E-state index in [4.69, 9.17) is 0 Å². The minimum atomic E-state index is 0.0411. The number of nitrogens with zero attached hydrogens (tertiary/aromatic N) is 3. The van der Waals surface area contributed by atoms with Crippen LogP contribution in [0.3, 0.4) is 0 Å². The van der Waals surface area contributed by atoms with Crippen molar-refractivity contribution in [3.8, 4) is 0 Å². The van der Waals surface area contributed by atoms with Gasteiger partial charge in [-0.15, -0.1) is 0 Å². The molecule has 0 radical (unpaired) electrons. The van der Waals surface area contributed by atoms with E-state index in [-0.39, 0.29) is 24.5 Å². The Hall–Kier alpha value is -1.88. The van der Waals surface area contributed by atoms with Crippen LogP contribution in [0.5, 0.6) is 0 Å². The van der Waals surface area contributed by atoms with Crippen LogP contribution < -0.4 is 0 Å². The number of aliphatic hydroxyl groups is 1. The summed E-state index contributed by atoms with van der Waals surface area (Å²) < 4.78 is 1.88. The van der Waals surface area contributed by atoms with E-state index in [0.29, 0.717) is 12.1 Å². The summed E-state index contributed by atoms with van der Waals surface area (Å²) in [6.07, 6.45) is 7.25. The third-order valence-electron chi connectivity index (χ3n) is 4.16. The van der Waals surface area contributed by atoms with Gasteiger partial charge in [-0.05, 0) is 37.8 Å². The molecule has 2 aromatic heterocycles. The number of amides is 1. The molecule has 3 heterocycles. The Morgan fingerprint density at radius 2 is 2.35 bits per heavy atom. The summed E-state index contributed by atoms with van der Waals surface area (Å²) in [5.41, 5.74) is 1.60. The average Bonchev–Trinajstić information content (AvgIpc) is 2.94. The van der Waals surface area contributed by atoms with Crippen molar-refractivity contribution in [1.29, 1.82) is 0 Å². The summed E-state index contributed by atoms with van der Waals surface area (Å²) in [5.74, 6) is 0.244. The van der Waals surface area contributed by atoms with Gasteiger partial charge in [-0.25, -0.2) is 4.98 Å². The Bertz CT molecular complexity index is 622. The van der Waals surface area contributed by atoms with Crippen molar-refractivity contribution < 1.29 is 9.90 Å². The number of piperidine rings is 1. The van der Waals surface area contributed by atoms with Gasteiger partial charge in [-0.1, -0.05) is 0 Å². The number of likely N-dealkylation sites (tertiary alicyclic amines) is 1. The van der Waals surface area contributed by atoms with Gasteiger partial charge in [0.1, 0.15) is 0 Å². The van der Waals surface area contributed by atoms with Crippen molar-refractivity contribution >= 4 is 11.4 Å². The molecule has 1 N–H and O–H groups in total. The second-order valence-electron chi connectivity index (χ2n) is 5.57. The number of hydrogen-bond donors (Lipinski definition) is 1. The molecule has 0 saturated carbocycles. The van der Waals surface area contributed by atoms with E-state index in [0.717, 1.165) is 18.4 Å². The number of fused-ring (bicyclic) bond motifs is 1. The summed E-state index contributed by atoms with van der Waals surface area (Å²) in [7, 11) is 0. The van der Waals surface area contributed by atoms with Crippen molar-refractivity contribution in [2.24, 2.45) is 5.92 Å². The molecular weight excluding hydrogens is 254 g/mol. The van der Waals surface area contributed by atoms with E-state index in [2.05, 4.69) is 11.9 Å². The molecule has 1 aliphatic heterocycles. The summed E-state index contributed by atoms with van der Waals surface area (Å²) in [5, 5.41) is 9.31. The van der Waals surface area contributed by atoms with Gasteiger partial charge < -0.3 is 14.4 Å². The molecule has 0 aliphatic carbocycles. The number of aliphatic hydroxyl groups excluding tert-OH is 1. The molecule has 5 nitrogen and oxygen atoms in total. The van der Waals surface area contributed by atoms with E-state index in [1.54, 1.807) is 12.5 Å². The van der Waals surface area contributed by atoms with Gasteiger partial charge in [0, 0.05) is 31.0 Å². The zero-order chi connectivity index (χ0) is 14.1. The van der Waals surface area contributed by atoms with Crippen molar-refractivity contribution in [2.45, 2.75) is 25.8 Å². The quantitative estimate of drug-likeness (QED) is 0.903. The minimum absolute atomic E-state index is 0.0411. The molecule has 1 aliphatic rings. The highest BCUT2D eigenvalue weighted by molar-refractivity contribution is 5.95. The molecule has 2 atom stereocenters. The van der Waals surface area contributed by atoms with Crippen molar-refractivity contribution in [3.63, 3.8) is 0 Å². The molecule has 3 rings (SSSR count). The Morgan fingerprint density at radius 1 is 1.50 bits per heavy atom. The molecule has 0 bridgehead atoms. The fraction of sp³-hybridized carbons (Fsp3) is 0.467. The van der Waals surface area contributed by atoms with E-state index in [9.17, 15) is 9.90 Å². The van der Waals surface area contributed by atoms with Crippen LogP contribution in [0.25, 0.3) is 5.52 Å². The van der Waals surface area contributed by atoms with Crippen LogP contribution in [0.15, 0.2) is 30.9 Å². The predicted molar refractivity (Wildman–Crippen MR) is 75.5 cm³/mol. The molecule has 2 unspecified atom stereocenters. The Morgan fingerprint density at radius 3 is 3.15 bits per heavy atom. The van der Waals surface area contributed by atoms with Crippen molar-refractivity contribution in [3.05, 3.63) is 36.4 Å². The van der Waals surface area contributed by atoms with E-state index in [1.807, 2.05) is 27.6 Å². The molecule has 0 aromatic carbocycles. The lowest BCUT2D eigenvalue weighted by Crippen LogP contribution is -2.46. The first-order valence-electron chi connectivity index (χ1n) is 7.02. The van der Waals surface area contributed by atoms with E-state index < -0.39 is 0 Å². The molecule has 0 spiro atoms. The van der Waals surface area contributed by atoms with Crippen LogP contribution in [0.2, 0.25) is 0 Å². The number of carbonyl (C=O) groups is 1. The molecule has 20 heavy (non-hydrogen) atoms. The highest BCUT2D eigenvalue weighted by atomic mass is 16.3. The smallest absolute Gasteiger partial charge is 0.254 e. The lowest BCUT2D eigenvalue weighted by atomic mass is 9.93. The average molecular weight is 273 g/mol. The SMILES string of the molecule is CC1CCC(CO)CN1C(=O)c1ccn2cncc2c1. The largest absolute Gasteiger partial charge is 0.396 e. The Labute approximate surface area is 117 Å². The summed E-state index contributed by atoms with van der Waals surface area (Å²) >= 11 is 0. The summed E-state index contributed by atoms with van der Waals surface area (Å²) in [6.45, 7) is 2.86. The molecule has 2 aromatic rings. The number of rotatable bonds is 2. The van der Waals surface area contributed by atoms with Crippen LogP contribution in [0, 0.1) is 5.92 Å². The van der Waals surface area contributed by atoms with Gasteiger partial charge in [0.15, 0.2) is 0 Å². The van der Waals surface area contributed by atoms with Gasteiger partial charge in [0.25, 0.3) is 5.91 Å². The monoisotopic (exact) mass is 273 g/mol. The molecule has 1 amide bonds. The highest BCUT2D eigenvalue weighted by Crippen LogP contribution is 2.23. The number of hydrogen-bond acceptors (Lipinski definition) is 3. The first-order chi connectivity index (χ1) is 9.69. The lowest BCUT2D eigenvalue weighted by Gasteiger charge is -2.37. The van der Waals surface area contributed by atoms with Crippen LogP contribution in [-0.4, -0.2) is 44.5 Å². The van der Waals surface area contributed by atoms with Crippen LogP contribution in [0.4, 0.5) is 0 Å². The van der Waals surface area contributed by atoms with Crippen LogP contribution in [-0.2, 0) is 0 Å². The number of aromatic nitrogens is 2. The van der Waals surface area contributed by atoms with Gasteiger partial charge in [-0.3, -0.25) is 4.79 Å². The van der Waals surface area contributed by atoms with E-state index >= 15 is 0 Å². The molecule has 106 valence electrons. The fourth-order valence-electron chi connectivity index (χ4n) is 2.83. The fourth-order valence-corrected chi connectivity index (χ4v) is 2.83. The molecular formula is C15H19N3O2. The first kappa shape index (κ1) is 13.1. The lowest BCUT2D eigenvalue weighted by molar-refractivity contribution is 0.0489. The van der Waals surface area contributed by atoms with Crippen molar-refractivity contribution in [2.75, 3.05) is 13.2 Å². The standard InChI is InChI=1S/C15H19N3O2/c1-11-2-3-12(9-19)8-18(11)15(20)13-4-5-17-10-16-7-14(17)6-13/h4-7,10-12,19H,2-3,8-9H2,1H3. The van der Waals surface area contributed by atoms with Crippen molar-refractivity contribution in [1.82, 2.24) is 14.3 Å². The zero-order valence-corrected chi connectivity index (χ0v) is 11.6. The summed E-state index contributed by atoms with van der Waals surface area (Å²) in [6, 6.07) is 3.92. The zero-order valence-electron chi connectivity index (χ0n) is 11.6. The maximum absolute atomic E-state index is 12.7. The third-order valence-corrected chi connectivity index (χ3v) is 4.16. The topological polar surface area (TPSA) is 57.8 Å². The van der Waals surface area contributed by atoms with Gasteiger partial charge in [0.05, 0.1) is 18.0 Å². The maximum Gasteiger partial charge on any atom is 0.254 e. The Balaban J connectivity index is 1.86. The summed E-state index contributed by atoms with van der Waals surface area (Å²) in [4.78, 5) is 18.6. The molecule has 5 heteroatoms. The predicted octanol–water partition coefficient (Wildman–Crippen LogP) is 1.57. The molecule has 1 saturated heterocycles. The highest BCUT2D eigenvalue weighted by Gasteiger charge is 2.29. The molecule has 1 fully saturated rings. The first-order valence-corrected chi connectivity index (χ1v) is 7.02. The van der Waals surface area contributed by atoms with Crippen LogP contribution >= 0.6 is 0 Å². The normalized spacial score (nSPS) is 23.2. The van der Waals surface area contributed by atoms with Crippen LogP contribution in [0.1, 0.15) is 30.1 Å². The third kappa shape index (κ3) is 2.29. The second-order valence-corrected chi connectivity index (χ2v) is 5.57. The van der Waals surface area contributed by atoms with Gasteiger partial charge in [0.2, 0.25) is 0 Å². The number of pyridine rings is 1. The van der Waals surface area contributed by atoms with Gasteiger partial charge in [-0.2, -0.15) is 0 Å². The minimum Gasteiger partial charge on any atom is -0.396 e. The van der Waals surface area contributed by atoms with Gasteiger partial charge >= 0.3 is 0 Å². The number of carbonyl (C=O) groups excluding carboxylic acids is 1. The number of imidazole rings is 1.